The van der Waals surface area contributed by atoms with Crippen molar-refractivity contribution in [2.45, 2.75) is 19.1 Å². The van der Waals surface area contributed by atoms with Gasteiger partial charge in [-0.1, -0.05) is 43.0 Å². The molecule has 1 aromatic rings. The molecule has 0 aliphatic heterocycles. The second kappa shape index (κ2) is 9.17. The van der Waals surface area contributed by atoms with Gasteiger partial charge in [0.05, 0.1) is 6.42 Å². The predicted molar refractivity (Wildman–Crippen MR) is 78.5 cm³/mol. The summed E-state index contributed by atoms with van der Waals surface area (Å²) in [5.74, 6) is -1.51. The Morgan fingerprint density at radius 2 is 1.91 bits per heavy atom. The lowest BCUT2D eigenvalue weighted by atomic mass is 10.2. The molecule has 7 heteroatoms. The highest BCUT2D eigenvalue weighted by molar-refractivity contribution is 5.87. The fraction of sp³-hybridized carbons (Fsp3) is 0.267. The quantitative estimate of drug-likeness (QED) is 0.547. The third kappa shape index (κ3) is 6.56. The molecule has 1 rings (SSSR count). The summed E-state index contributed by atoms with van der Waals surface area (Å²) in [5.41, 5.74) is 5.84. The number of nitrogens with one attached hydrogen (secondary N) is 1. The minimum absolute atomic E-state index is 0.0197. The van der Waals surface area contributed by atoms with Crippen LogP contribution in [-0.2, 0) is 25.7 Å². The minimum Gasteiger partial charge on any atom is -0.459 e. The highest BCUT2D eigenvalue weighted by Gasteiger charge is 2.25. The molecule has 0 aliphatic rings. The Hall–Kier alpha value is -2.83. The molecule has 0 spiro atoms. The molecule has 0 unspecified atom stereocenters. The lowest BCUT2D eigenvalue weighted by Crippen LogP contribution is -2.44. The molecule has 2 amide bonds. The van der Waals surface area contributed by atoms with E-state index in [1.807, 2.05) is 6.07 Å². The topological polar surface area (TPSA) is 108 Å². The molecule has 1 atom stereocenters. The zero-order valence-corrected chi connectivity index (χ0v) is 12.0. The Morgan fingerprint density at radius 3 is 2.50 bits per heavy atom. The Bertz CT molecular complexity index is 530. The summed E-state index contributed by atoms with van der Waals surface area (Å²) in [6.07, 6.45) is 0.135. The number of alkyl carbamates (subject to hydrolysis) is 1. The third-order valence-electron chi connectivity index (χ3n) is 2.54. The van der Waals surface area contributed by atoms with Crippen LogP contribution in [0.5, 0.6) is 0 Å². The molecule has 0 fully saturated rings. The predicted octanol–water partition coefficient (Wildman–Crippen LogP) is 0.886. The van der Waals surface area contributed by atoms with Gasteiger partial charge in [-0.15, -0.1) is 0 Å². The zero-order valence-electron chi connectivity index (χ0n) is 12.0. The number of ether oxygens (including phenoxy) is 2. The van der Waals surface area contributed by atoms with Crippen molar-refractivity contribution >= 4 is 18.0 Å². The van der Waals surface area contributed by atoms with Gasteiger partial charge in [0.1, 0.15) is 19.3 Å². The molecule has 7 nitrogen and oxygen atoms in total. The van der Waals surface area contributed by atoms with Gasteiger partial charge in [-0.3, -0.25) is 4.79 Å². The van der Waals surface area contributed by atoms with E-state index in [1.54, 1.807) is 24.3 Å². The van der Waals surface area contributed by atoms with Crippen LogP contribution in [0.2, 0.25) is 0 Å². The number of benzene rings is 1. The summed E-state index contributed by atoms with van der Waals surface area (Å²) in [4.78, 5) is 34.4. The van der Waals surface area contributed by atoms with Crippen molar-refractivity contribution in [1.29, 1.82) is 0 Å². The summed E-state index contributed by atoms with van der Waals surface area (Å²) in [7, 11) is 0. The first-order chi connectivity index (χ1) is 10.5. The second-order valence-electron chi connectivity index (χ2n) is 4.35. The molecule has 0 aromatic heterocycles. The van der Waals surface area contributed by atoms with Crippen molar-refractivity contribution in [3.8, 4) is 0 Å². The van der Waals surface area contributed by atoms with Crippen LogP contribution in [0.1, 0.15) is 12.0 Å². The SMILES string of the molecule is C=CCOC(=O)N[C@@H](CC(N)=O)C(=O)OCc1ccccc1. The van der Waals surface area contributed by atoms with Gasteiger partial charge >= 0.3 is 12.1 Å². The van der Waals surface area contributed by atoms with Crippen molar-refractivity contribution in [3.63, 3.8) is 0 Å². The van der Waals surface area contributed by atoms with Crippen molar-refractivity contribution in [1.82, 2.24) is 5.32 Å². The fourth-order valence-electron chi connectivity index (χ4n) is 1.54. The second-order valence-corrected chi connectivity index (χ2v) is 4.35. The Labute approximate surface area is 128 Å². The molecule has 0 aliphatic carbocycles. The highest BCUT2D eigenvalue weighted by atomic mass is 16.6. The van der Waals surface area contributed by atoms with E-state index in [0.29, 0.717) is 0 Å². The summed E-state index contributed by atoms with van der Waals surface area (Å²) in [5, 5.41) is 2.23. The van der Waals surface area contributed by atoms with E-state index < -0.39 is 24.0 Å². The van der Waals surface area contributed by atoms with E-state index >= 15 is 0 Å². The van der Waals surface area contributed by atoms with Crippen LogP contribution < -0.4 is 11.1 Å². The van der Waals surface area contributed by atoms with Gasteiger partial charge < -0.3 is 20.5 Å². The van der Waals surface area contributed by atoms with Gasteiger partial charge in [0.15, 0.2) is 0 Å². The number of nitrogens with two attached hydrogens (primary N) is 1. The van der Waals surface area contributed by atoms with Gasteiger partial charge in [0.2, 0.25) is 5.91 Å². The molecule has 1 aromatic carbocycles. The molecule has 118 valence electrons. The normalized spacial score (nSPS) is 11.1. The van der Waals surface area contributed by atoms with Gasteiger partial charge in [-0.2, -0.15) is 0 Å². The maximum Gasteiger partial charge on any atom is 0.408 e. The monoisotopic (exact) mass is 306 g/mol. The Kier molecular flexibility index (Phi) is 7.18. The molecular formula is C15H18N2O5. The number of hydrogen-bond acceptors (Lipinski definition) is 5. The van der Waals surface area contributed by atoms with Gasteiger partial charge in [0, 0.05) is 0 Å². The van der Waals surface area contributed by atoms with Crippen LogP contribution in [0.15, 0.2) is 43.0 Å². The first-order valence-corrected chi connectivity index (χ1v) is 6.56. The summed E-state index contributed by atoms with van der Waals surface area (Å²) in [6, 6.07) is 7.80. The maximum absolute atomic E-state index is 11.9. The number of carbonyl (C=O) groups is 3. The van der Waals surface area contributed by atoms with Gasteiger partial charge in [0.25, 0.3) is 0 Å². The van der Waals surface area contributed by atoms with Crippen LogP contribution in [0.4, 0.5) is 4.79 Å². The maximum atomic E-state index is 11.9. The van der Waals surface area contributed by atoms with E-state index in [2.05, 4.69) is 16.6 Å². The molecule has 0 radical (unpaired) electrons. The molecule has 22 heavy (non-hydrogen) atoms. The standard InChI is InChI=1S/C15H18N2O5/c1-2-8-21-15(20)17-12(9-13(16)18)14(19)22-10-11-6-4-3-5-7-11/h2-7,12H,1,8-10H2,(H2,16,18)(H,17,20)/t12-/m0/s1. The first-order valence-electron chi connectivity index (χ1n) is 6.56. The molecule has 0 saturated carbocycles. The number of hydrogen-bond donors (Lipinski definition) is 2. The lowest BCUT2D eigenvalue weighted by Gasteiger charge is -2.16. The number of amides is 2. The van der Waals surface area contributed by atoms with Crippen molar-refractivity contribution in [2.24, 2.45) is 5.73 Å². The first kappa shape index (κ1) is 17.2. The summed E-state index contributed by atoms with van der Waals surface area (Å²) >= 11 is 0. The molecule has 0 heterocycles. The van der Waals surface area contributed by atoms with Crippen LogP contribution in [-0.4, -0.2) is 30.6 Å². The highest BCUT2D eigenvalue weighted by Crippen LogP contribution is 2.04. The third-order valence-corrected chi connectivity index (χ3v) is 2.54. The summed E-state index contributed by atoms with van der Waals surface area (Å²) in [6.45, 7) is 3.39. The molecule has 0 bridgehead atoms. The number of carbonyl (C=O) groups excluding carboxylic acids is 3. The van der Waals surface area contributed by atoms with Crippen LogP contribution in [0, 0.1) is 0 Å². The van der Waals surface area contributed by atoms with Crippen LogP contribution in [0.3, 0.4) is 0 Å². The van der Waals surface area contributed by atoms with Gasteiger partial charge in [-0.25, -0.2) is 9.59 Å². The van der Waals surface area contributed by atoms with E-state index in [9.17, 15) is 14.4 Å². The zero-order chi connectivity index (χ0) is 16.4. The van der Waals surface area contributed by atoms with E-state index in [0.717, 1.165) is 5.56 Å². The van der Waals surface area contributed by atoms with Gasteiger partial charge in [-0.05, 0) is 5.56 Å². The fourth-order valence-corrected chi connectivity index (χ4v) is 1.54. The van der Waals surface area contributed by atoms with E-state index in [4.69, 9.17) is 10.5 Å². The van der Waals surface area contributed by atoms with Crippen molar-refractivity contribution in [3.05, 3.63) is 48.6 Å². The lowest BCUT2D eigenvalue weighted by molar-refractivity contribution is -0.148. The largest absolute Gasteiger partial charge is 0.459 e. The van der Waals surface area contributed by atoms with E-state index in [1.165, 1.54) is 6.08 Å². The minimum atomic E-state index is -1.20. The number of primary amides is 1. The molecule has 3 N–H and O–H groups in total. The van der Waals surface area contributed by atoms with Crippen molar-refractivity contribution < 1.29 is 23.9 Å². The smallest absolute Gasteiger partial charge is 0.408 e. The average Bonchev–Trinajstić information content (AvgIpc) is 2.50. The van der Waals surface area contributed by atoms with E-state index in [-0.39, 0.29) is 19.6 Å². The molecular weight excluding hydrogens is 288 g/mol. The Morgan fingerprint density at radius 1 is 1.23 bits per heavy atom. The summed E-state index contributed by atoms with van der Waals surface area (Å²) < 4.78 is 9.75. The Balaban J connectivity index is 2.57. The number of esters is 1. The number of rotatable bonds is 8. The van der Waals surface area contributed by atoms with Crippen molar-refractivity contribution in [2.75, 3.05) is 6.61 Å². The average molecular weight is 306 g/mol. The van der Waals surface area contributed by atoms with Crippen LogP contribution >= 0.6 is 0 Å². The van der Waals surface area contributed by atoms with Crippen LogP contribution in [0.25, 0.3) is 0 Å². The molecule has 0 saturated heterocycles.